The van der Waals surface area contributed by atoms with Crippen molar-refractivity contribution in [2.45, 2.75) is 58.5 Å². The SMILES string of the molecule is C#CC(C)(C)NC(=O)C(C)CCCC(C)N. The normalized spacial score (nSPS) is 15.0. The Morgan fingerprint density at radius 1 is 1.44 bits per heavy atom. The summed E-state index contributed by atoms with van der Waals surface area (Å²) >= 11 is 0. The molecule has 2 unspecified atom stereocenters. The van der Waals surface area contributed by atoms with Crippen molar-refractivity contribution >= 4 is 5.91 Å². The second-order valence-corrected chi connectivity index (χ2v) is 5.07. The fourth-order valence-electron chi connectivity index (χ4n) is 1.34. The van der Waals surface area contributed by atoms with E-state index in [0.717, 1.165) is 19.3 Å². The van der Waals surface area contributed by atoms with Gasteiger partial charge in [-0.15, -0.1) is 6.42 Å². The van der Waals surface area contributed by atoms with Gasteiger partial charge in [-0.25, -0.2) is 0 Å². The molecular formula is C13H24N2O. The van der Waals surface area contributed by atoms with Gasteiger partial charge in [-0.1, -0.05) is 19.3 Å². The average molecular weight is 224 g/mol. The lowest BCUT2D eigenvalue weighted by Crippen LogP contribution is -2.44. The van der Waals surface area contributed by atoms with Gasteiger partial charge in [-0.05, 0) is 33.6 Å². The fraction of sp³-hybridized carbons (Fsp3) is 0.769. The van der Waals surface area contributed by atoms with E-state index in [1.165, 1.54) is 0 Å². The Bertz CT molecular complexity index is 264. The van der Waals surface area contributed by atoms with Crippen LogP contribution in [-0.2, 0) is 4.79 Å². The van der Waals surface area contributed by atoms with E-state index >= 15 is 0 Å². The fourth-order valence-corrected chi connectivity index (χ4v) is 1.34. The maximum atomic E-state index is 11.8. The molecule has 0 saturated heterocycles. The lowest BCUT2D eigenvalue weighted by molar-refractivity contribution is -0.125. The van der Waals surface area contributed by atoms with Crippen LogP contribution in [0.1, 0.15) is 47.0 Å². The summed E-state index contributed by atoms with van der Waals surface area (Å²) in [6.07, 6.45) is 8.10. The Morgan fingerprint density at radius 2 is 2.00 bits per heavy atom. The van der Waals surface area contributed by atoms with E-state index in [-0.39, 0.29) is 17.9 Å². The van der Waals surface area contributed by atoms with Crippen LogP contribution in [0.4, 0.5) is 0 Å². The molecule has 0 aromatic heterocycles. The molecule has 0 radical (unpaired) electrons. The zero-order valence-corrected chi connectivity index (χ0v) is 10.8. The molecule has 0 aromatic rings. The first kappa shape index (κ1) is 15.0. The van der Waals surface area contributed by atoms with Gasteiger partial charge in [-0.3, -0.25) is 4.79 Å². The number of amides is 1. The van der Waals surface area contributed by atoms with Crippen molar-refractivity contribution in [2.75, 3.05) is 0 Å². The van der Waals surface area contributed by atoms with Crippen molar-refractivity contribution in [3.63, 3.8) is 0 Å². The van der Waals surface area contributed by atoms with Crippen LogP contribution in [0.5, 0.6) is 0 Å². The Balaban J connectivity index is 3.97. The van der Waals surface area contributed by atoms with E-state index in [4.69, 9.17) is 12.2 Å². The molecule has 0 aliphatic rings. The molecule has 0 fully saturated rings. The number of hydrogen-bond acceptors (Lipinski definition) is 2. The molecule has 92 valence electrons. The molecule has 3 heteroatoms. The Morgan fingerprint density at radius 3 is 2.44 bits per heavy atom. The molecule has 16 heavy (non-hydrogen) atoms. The van der Waals surface area contributed by atoms with Crippen LogP contribution in [0, 0.1) is 18.3 Å². The zero-order chi connectivity index (χ0) is 12.8. The second kappa shape index (κ2) is 6.55. The van der Waals surface area contributed by atoms with Gasteiger partial charge < -0.3 is 11.1 Å². The summed E-state index contributed by atoms with van der Waals surface area (Å²) in [4.78, 5) is 11.8. The minimum atomic E-state index is -0.563. The first-order valence-corrected chi connectivity index (χ1v) is 5.84. The standard InChI is InChI=1S/C13H24N2O/c1-6-13(4,5)15-12(16)10(2)8-7-9-11(3)14/h1,10-11H,7-9,14H2,2-5H3,(H,15,16). The highest BCUT2D eigenvalue weighted by atomic mass is 16.2. The number of rotatable bonds is 6. The molecule has 1 amide bonds. The number of carbonyl (C=O) groups is 1. The molecule has 0 spiro atoms. The smallest absolute Gasteiger partial charge is 0.223 e. The molecule has 3 nitrogen and oxygen atoms in total. The number of terminal acetylenes is 1. The average Bonchev–Trinajstić information content (AvgIpc) is 2.16. The minimum absolute atomic E-state index is 0.00799. The molecule has 2 atom stereocenters. The van der Waals surface area contributed by atoms with Gasteiger partial charge in [0.05, 0.1) is 5.54 Å². The largest absolute Gasteiger partial charge is 0.340 e. The van der Waals surface area contributed by atoms with Crippen molar-refractivity contribution < 1.29 is 4.79 Å². The van der Waals surface area contributed by atoms with Gasteiger partial charge in [0.15, 0.2) is 0 Å². The highest BCUT2D eigenvalue weighted by molar-refractivity contribution is 5.79. The maximum absolute atomic E-state index is 11.8. The van der Waals surface area contributed by atoms with Crippen molar-refractivity contribution in [2.24, 2.45) is 11.7 Å². The highest BCUT2D eigenvalue weighted by Gasteiger charge is 2.20. The van der Waals surface area contributed by atoms with Gasteiger partial charge in [0.1, 0.15) is 0 Å². The number of nitrogens with two attached hydrogens (primary N) is 1. The first-order chi connectivity index (χ1) is 7.28. The summed E-state index contributed by atoms with van der Waals surface area (Å²) in [5, 5.41) is 2.84. The van der Waals surface area contributed by atoms with Crippen molar-refractivity contribution in [3.8, 4) is 12.3 Å². The molecule has 0 bridgehead atoms. The summed E-state index contributed by atoms with van der Waals surface area (Å²) in [5.74, 6) is 2.56. The topological polar surface area (TPSA) is 55.1 Å². The maximum Gasteiger partial charge on any atom is 0.223 e. The summed E-state index contributed by atoms with van der Waals surface area (Å²) < 4.78 is 0. The van der Waals surface area contributed by atoms with Gasteiger partial charge in [-0.2, -0.15) is 0 Å². The van der Waals surface area contributed by atoms with Crippen LogP contribution in [-0.4, -0.2) is 17.5 Å². The quantitative estimate of drug-likeness (QED) is 0.674. The highest BCUT2D eigenvalue weighted by Crippen LogP contribution is 2.11. The van der Waals surface area contributed by atoms with Crippen molar-refractivity contribution in [1.29, 1.82) is 0 Å². The Kier molecular flexibility index (Phi) is 6.13. The van der Waals surface area contributed by atoms with E-state index in [1.807, 2.05) is 27.7 Å². The molecule has 0 rings (SSSR count). The second-order valence-electron chi connectivity index (χ2n) is 5.07. The van der Waals surface area contributed by atoms with E-state index in [2.05, 4.69) is 11.2 Å². The van der Waals surface area contributed by atoms with E-state index in [1.54, 1.807) is 0 Å². The van der Waals surface area contributed by atoms with Gasteiger partial charge in [0.25, 0.3) is 0 Å². The Hall–Kier alpha value is -1.01. The third kappa shape index (κ3) is 6.47. The molecule has 0 heterocycles. The molecule has 0 aliphatic carbocycles. The summed E-state index contributed by atoms with van der Waals surface area (Å²) in [6.45, 7) is 7.54. The van der Waals surface area contributed by atoms with Crippen LogP contribution in [0.2, 0.25) is 0 Å². The van der Waals surface area contributed by atoms with Crippen LogP contribution in [0.25, 0.3) is 0 Å². The predicted octanol–water partition coefficient (Wildman–Crippen LogP) is 1.67. The minimum Gasteiger partial charge on any atom is -0.340 e. The van der Waals surface area contributed by atoms with Gasteiger partial charge >= 0.3 is 0 Å². The van der Waals surface area contributed by atoms with E-state index in [9.17, 15) is 4.79 Å². The first-order valence-electron chi connectivity index (χ1n) is 5.84. The molecular weight excluding hydrogens is 200 g/mol. The lowest BCUT2D eigenvalue weighted by atomic mass is 9.99. The van der Waals surface area contributed by atoms with Crippen molar-refractivity contribution in [3.05, 3.63) is 0 Å². The molecule has 0 saturated carbocycles. The molecule has 0 aromatic carbocycles. The monoisotopic (exact) mass is 224 g/mol. The lowest BCUT2D eigenvalue weighted by Gasteiger charge is -2.22. The van der Waals surface area contributed by atoms with Gasteiger partial charge in [0.2, 0.25) is 5.91 Å². The molecule has 0 aliphatic heterocycles. The Labute approximate surface area is 99.2 Å². The number of nitrogens with one attached hydrogen (secondary N) is 1. The predicted molar refractivity (Wildman–Crippen MR) is 67.7 cm³/mol. The van der Waals surface area contributed by atoms with Crippen LogP contribution >= 0.6 is 0 Å². The van der Waals surface area contributed by atoms with Crippen molar-refractivity contribution in [1.82, 2.24) is 5.32 Å². The van der Waals surface area contributed by atoms with Gasteiger partial charge in [0, 0.05) is 12.0 Å². The summed E-state index contributed by atoms with van der Waals surface area (Å²) in [7, 11) is 0. The third-order valence-electron chi connectivity index (χ3n) is 2.54. The summed E-state index contributed by atoms with van der Waals surface area (Å²) in [6, 6.07) is 0.206. The zero-order valence-electron chi connectivity index (χ0n) is 10.8. The summed E-state index contributed by atoms with van der Waals surface area (Å²) in [5.41, 5.74) is 5.09. The number of carbonyl (C=O) groups excluding carboxylic acids is 1. The molecule has 3 N–H and O–H groups in total. The van der Waals surface area contributed by atoms with Crippen LogP contribution < -0.4 is 11.1 Å². The van der Waals surface area contributed by atoms with E-state index in [0.29, 0.717) is 0 Å². The third-order valence-corrected chi connectivity index (χ3v) is 2.54. The number of hydrogen-bond donors (Lipinski definition) is 2. The van der Waals surface area contributed by atoms with Crippen LogP contribution in [0.3, 0.4) is 0 Å². The van der Waals surface area contributed by atoms with Crippen LogP contribution in [0.15, 0.2) is 0 Å². The van der Waals surface area contributed by atoms with E-state index < -0.39 is 5.54 Å².